The summed E-state index contributed by atoms with van der Waals surface area (Å²) < 4.78 is 6.79. The summed E-state index contributed by atoms with van der Waals surface area (Å²) in [7, 11) is 0. The molecule has 0 atom stereocenters. The van der Waals surface area contributed by atoms with Gasteiger partial charge in [0.05, 0.1) is 6.61 Å². The topological polar surface area (TPSA) is 71.8 Å². The number of anilines is 2. The Hall–Kier alpha value is -2.31. The molecule has 3 rings (SSSR count). The molecule has 2 aromatic heterocycles. The Bertz CT molecular complexity index is 676. The summed E-state index contributed by atoms with van der Waals surface area (Å²) >= 11 is 0. The number of hydrogen-bond donors (Lipinski definition) is 1. The number of carbonyl (C=O) groups is 1. The van der Waals surface area contributed by atoms with Gasteiger partial charge < -0.3 is 15.0 Å². The molecular formula is C15H21N5O2. The molecule has 0 aliphatic carbocycles. The van der Waals surface area contributed by atoms with Crippen LogP contribution in [0.1, 0.15) is 37.0 Å². The number of rotatable bonds is 5. The van der Waals surface area contributed by atoms with E-state index in [1.807, 2.05) is 19.2 Å². The first kappa shape index (κ1) is 14.6. The van der Waals surface area contributed by atoms with Gasteiger partial charge in [-0.15, -0.1) is 5.10 Å². The van der Waals surface area contributed by atoms with Crippen LogP contribution in [0.3, 0.4) is 0 Å². The predicted octanol–water partition coefficient (Wildman–Crippen LogP) is 1.94. The number of ether oxygens (including phenoxy) is 1. The Morgan fingerprint density at radius 2 is 2.14 bits per heavy atom. The molecule has 3 heterocycles. The van der Waals surface area contributed by atoms with E-state index in [2.05, 4.69) is 20.3 Å². The van der Waals surface area contributed by atoms with Crippen LogP contribution in [0.2, 0.25) is 0 Å². The molecule has 1 saturated heterocycles. The summed E-state index contributed by atoms with van der Waals surface area (Å²) in [6.07, 6.45) is 4.21. The van der Waals surface area contributed by atoms with Gasteiger partial charge in [-0.05, 0) is 32.8 Å². The molecule has 0 radical (unpaired) electrons. The fraction of sp³-hybridized carbons (Fsp3) is 0.533. The van der Waals surface area contributed by atoms with E-state index < -0.39 is 0 Å². The van der Waals surface area contributed by atoms with Crippen LogP contribution in [0.15, 0.2) is 12.3 Å². The van der Waals surface area contributed by atoms with Crippen molar-refractivity contribution in [3.8, 4) is 0 Å². The molecule has 2 aromatic rings. The van der Waals surface area contributed by atoms with E-state index >= 15 is 0 Å². The Kier molecular flexibility index (Phi) is 4.13. The van der Waals surface area contributed by atoms with Gasteiger partial charge in [-0.1, -0.05) is 0 Å². The van der Waals surface area contributed by atoms with Gasteiger partial charge in [0.15, 0.2) is 11.5 Å². The van der Waals surface area contributed by atoms with Crippen LogP contribution in [0.5, 0.6) is 0 Å². The SMILES string of the molecule is CCNc1nn2ccc(N3CCCC3)nc2c1C(=O)OCC. The van der Waals surface area contributed by atoms with Gasteiger partial charge >= 0.3 is 5.97 Å². The van der Waals surface area contributed by atoms with Crippen LogP contribution < -0.4 is 10.2 Å². The molecule has 1 aliphatic heterocycles. The predicted molar refractivity (Wildman–Crippen MR) is 84.6 cm³/mol. The standard InChI is InChI=1S/C15H21N5O2/c1-3-16-13-12(15(21)22-4-2)14-17-11(7-10-20(14)18-13)19-8-5-6-9-19/h7,10H,3-6,8-9H2,1-2H3,(H,16,18). The lowest BCUT2D eigenvalue weighted by atomic mass is 10.3. The maximum atomic E-state index is 12.3. The molecule has 0 amide bonds. The summed E-state index contributed by atoms with van der Waals surface area (Å²) in [5, 5.41) is 7.50. The monoisotopic (exact) mass is 303 g/mol. The Labute approximate surface area is 129 Å². The maximum Gasteiger partial charge on any atom is 0.345 e. The highest BCUT2D eigenvalue weighted by atomic mass is 16.5. The largest absolute Gasteiger partial charge is 0.462 e. The van der Waals surface area contributed by atoms with Crippen molar-refractivity contribution in [1.29, 1.82) is 0 Å². The fourth-order valence-corrected chi connectivity index (χ4v) is 2.72. The lowest BCUT2D eigenvalue weighted by molar-refractivity contribution is 0.0529. The minimum Gasteiger partial charge on any atom is -0.462 e. The van der Waals surface area contributed by atoms with E-state index in [9.17, 15) is 4.79 Å². The number of nitrogens with one attached hydrogen (secondary N) is 1. The second-order valence-electron chi connectivity index (χ2n) is 5.22. The first-order valence-corrected chi connectivity index (χ1v) is 7.80. The van der Waals surface area contributed by atoms with Gasteiger partial charge in [-0.2, -0.15) is 0 Å². The van der Waals surface area contributed by atoms with Gasteiger partial charge in [0, 0.05) is 25.8 Å². The summed E-state index contributed by atoms with van der Waals surface area (Å²) in [4.78, 5) is 19.2. The fourth-order valence-electron chi connectivity index (χ4n) is 2.72. The molecule has 0 spiro atoms. The number of carbonyl (C=O) groups excluding carboxylic acids is 1. The van der Waals surface area contributed by atoms with Gasteiger partial charge in [0.2, 0.25) is 0 Å². The first-order valence-electron chi connectivity index (χ1n) is 7.80. The van der Waals surface area contributed by atoms with Crippen LogP contribution in [-0.2, 0) is 4.74 Å². The smallest absolute Gasteiger partial charge is 0.345 e. The Morgan fingerprint density at radius 3 is 2.82 bits per heavy atom. The normalized spacial score (nSPS) is 14.5. The molecule has 0 bridgehead atoms. The van der Waals surface area contributed by atoms with Gasteiger partial charge in [0.25, 0.3) is 0 Å². The lowest BCUT2D eigenvalue weighted by Gasteiger charge is -2.15. The third kappa shape index (κ3) is 2.58. The third-order valence-corrected chi connectivity index (χ3v) is 3.72. The van der Waals surface area contributed by atoms with Gasteiger partial charge in [-0.3, -0.25) is 0 Å². The molecule has 1 N–H and O–H groups in total. The number of fused-ring (bicyclic) bond motifs is 1. The van der Waals surface area contributed by atoms with Crippen molar-refractivity contribution in [2.24, 2.45) is 0 Å². The molecule has 1 fully saturated rings. The molecule has 118 valence electrons. The van der Waals surface area contributed by atoms with E-state index in [0.29, 0.717) is 30.2 Å². The van der Waals surface area contributed by atoms with Crippen LogP contribution in [-0.4, -0.2) is 46.8 Å². The highest BCUT2D eigenvalue weighted by Crippen LogP contribution is 2.24. The zero-order valence-corrected chi connectivity index (χ0v) is 13.0. The quantitative estimate of drug-likeness (QED) is 0.851. The summed E-state index contributed by atoms with van der Waals surface area (Å²) in [6, 6.07) is 1.94. The van der Waals surface area contributed by atoms with Crippen molar-refractivity contribution < 1.29 is 9.53 Å². The maximum absolute atomic E-state index is 12.3. The molecule has 0 saturated carbocycles. The second kappa shape index (κ2) is 6.21. The lowest BCUT2D eigenvalue weighted by Crippen LogP contribution is -2.19. The van der Waals surface area contributed by atoms with Crippen molar-refractivity contribution in [3.05, 3.63) is 17.8 Å². The van der Waals surface area contributed by atoms with Crippen molar-refractivity contribution in [2.45, 2.75) is 26.7 Å². The average molecular weight is 303 g/mol. The van der Waals surface area contributed by atoms with Crippen LogP contribution >= 0.6 is 0 Å². The number of hydrogen-bond acceptors (Lipinski definition) is 6. The molecule has 0 unspecified atom stereocenters. The molecular weight excluding hydrogens is 282 g/mol. The number of nitrogens with zero attached hydrogens (tertiary/aromatic N) is 4. The van der Waals surface area contributed by atoms with Crippen molar-refractivity contribution in [2.75, 3.05) is 36.5 Å². The Balaban J connectivity index is 2.07. The summed E-state index contributed by atoms with van der Waals surface area (Å²) in [5.41, 5.74) is 0.948. The minimum atomic E-state index is -0.389. The first-order chi connectivity index (χ1) is 10.7. The van der Waals surface area contributed by atoms with Crippen molar-refractivity contribution in [3.63, 3.8) is 0 Å². The number of esters is 1. The van der Waals surface area contributed by atoms with E-state index in [4.69, 9.17) is 4.74 Å². The van der Waals surface area contributed by atoms with E-state index in [0.717, 1.165) is 18.9 Å². The molecule has 0 aromatic carbocycles. The van der Waals surface area contributed by atoms with Crippen LogP contribution in [0.4, 0.5) is 11.6 Å². The molecule has 7 heteroatoms. The van der Waals surface area contributed by atoms with E-state index in [1.54, 1.807) is 11.4 Å². The van der Waals surface area contributed by atoms with Crippen molar-refractivity contribution >= 4 is 23.3 Å². The number of aromatic nitrogens is 3. The zero-order chi connectivity index (χ0) is 15.5. The van der Waals surface area contributed by atoms with Gasteiger partial charge in [-0.25, -0.2) is 14.3 Å². The Morgan fingerprint density at radius 1 is 1.36 bits per heavy atom. The van der Waals surface area contributed by atoms with Crippen molar-refractivity contribution in [1.82, 2.24) is 14.6 Å². The highest BCUT2D eigenvalue weighted by molar-refractivity contribution is 6.01. The average Bonchev–Trinajstić information content (AvgIpc) is 3.14. The highest BCUT2D eigenvalue weighted by Gasteiger charge is 2.23. The summed E-state index contributed by atoms with van der Waals surface area (Å²) in [6.45, 7) is 6.77. The van der Waals surface area contributed by atoms with E-state index in [-0.39, 0.29) is 5.97 Å². The van der Waals surface area contributed by atoms with Crippen LogP contribution in [0.25, 0.3) is 5.65 Å². The van der Waals surface area contributed by atoms with Gasteiger partial charge in [0.1, 0.15) is 11.4 Å². The summed E-state index contributed by atoms with van der Waals surface area (Å²) in [5.74, 6) is 1.02. The molecule has 7 nitrogen and oxygen atoms in total. The third-order valence-electron chi connectivity index (χ3n) is 3.72. The molecule has 22 heavy (non-hydrogen) atoms. The van der Waals surface area contributed by atoms with E-state index in [1.165, 1.54) is 12.8 Å². The second-order valence-corrected chi connectivity index (χ2v) is 5.22. The zero-order valence-electron chi connectivity index (χ0n) is 13.0. The van der Waals surface area contributed by atoms with Crippen LogP contribution in [0, 0.1) is 0 Å². The molecule has 1 aliphatic rings. The minimum absolute atomic E-state index is 0.327.